The third kappa shape index (κ3) is 5.09. The summed E-state index contributed by atoms with van der Waals surface area (Å²) in [7, 11) is 3.16. The Morgan fingerprint density at radius 3 is 2.57 bits per heavy atom. The summed E-state index contributed by atoms with van der Waals surface area (Å²) >= 11 is 3.42. The number of unbranched alkanes of at least 4 members (excludes halogenated alkanes) is 3. The first kappa shape index (κ1) is 25.3. The molecule has 0 fully saturated rings. The van der Waals surface area contributed by atoms with Gasteiger partial charge in [0.15, 0.2) is 16.9 Å². The van der Waals surface area contributed by atoms with Crippen LogP contribution >= 0.6 is 15.9 Å². The third-order valence-electron chi connectivity index (χ3n) is 6.22. The Morgan fingerprint density at radius 1 is 1.00 bits per heavy atom. The van der Waals surface area contributed by atoms with Crippen molar-refractivity contribution in [3.05, 3.63) is 68.0 Å². The number of methoxy groups -OCH3 is 2. The molecule has 7 nitrogen and oxygen atoms in total. The van der Waals surface area contributed by atoms with Gasteiger partial charge < -0.3 is 23.5 Å². The molecule has 0 saturated carbocycles. The molecule has 1 unspecified atom stereocenters. The molecule has 0 saturated heterocycles. The molecule has 0 N–H and O–H groups in total. The van der Waals surface area contributed by atoms with Crippen LogP contribution in [0.25, 0.3) is 11.0 Å². The number of hydrogen-bond acceptors (Lipinski definition) is 6. The van der Waals surface area contributed by atoms with Crippen LogP contribution in [0.5, 0.6) is 11.5 Å². The van der Waals surface area contributed by atoms with E-state index in [4.69, 9.17) is 18.6 Å². The standard InChI is InChI=1S/C27H30BrNO6/c1-4-5-6-7-13-34-21-10-8-17(15-22(21)33-3)24-23-25(30)19-16-18(28)9-11-20(19)35-26(23)27(31)29(24)12-14-32-2/h8-11,15-16,24H,4-7,12-14H2,1-3H3. The van der Waals surface area contributed by atoms with E-state index in [2.05, 4.69) is 22.9 Å². The van der Waals surface area contributed by atoms with Gasteiger partial charge in [-0.2, -0.15) is 0 Å². The molecule has 4 rings (SSSR count). The Balaban J connectivity index is 1.76. The average Bonchev–Trinajstić information content (AvgIpc) is 3.14. The Labute approximate surface area is 213 Å². The van der Waals surface area contributed by atoms with Crippen LogP contribution in [-0.4, -0.2) is 44.8 Å². The van der Waals surface area contributed by atoms with E-state index in [0.717, 1.165) is 22.9 Å². The lowest BCUT2D eigenvalue weighted by Crippen LogP contribution is -2.32. The lowest BCUT2D eigenvalue weighted by molar-refractivity contribution is 0.0663. The maximum Gasteiger partial charge on any atom is 0.290 e. The Hall–Kier alpha value is -2.84. The van der Waals surface area contributed by atoms with E-state index in [0.29, 0.717) is 47.8 Å². The summed E-state index contributed by atoms with van der Waals surface area (Å²) in [5.74, 6) is 0.925. The van der Waals surface area contributed by atoms with Gasteiger partial charge in [0.2, 0.25) is 5.76 Å². The predicted octanol–water partition coefficient (Wildman–Crippen LogP) is 5.71. The number of halogens is 1. The van der Waals surface area contributed by atoms with Gasteiger partial charge in [-0.3, -0.25) is 9.59 Å². The van der Waals surface area contributed by atoms with E-state index in [1.807, 2.05) is 18.2 Å². The third-order valence-corrected chi connectivity index (χ3v) is 6.72. The van der Waals surface area contributed by atoms with Crippen LogP contribution in [0.4, 0.5) is 0 Å². The van der Waals surface area contributed by atoms with Gasteiger partial charge in [0, 0.05) is 18.1 Å². The van der Waals surface area contributed by atoms with Gasteiger partial charge >= 0.3 is 0 Å². The van der Waals surface area contributed by atoms with Crippen molar-refractivity contribution >= 4 is 32.8 Å². The zero-order chi connectivity index (χ0) is 24.9. The number of amides is 1. The summed E-state index contributed by atoms with van der Waals surface area (Å²) < 4.78 is 23.5. The molecule has 1 aromatic heterocycles. The molecule has 1 aliphatic rings. The van der Waals surface area contributed by atoms with Crippen molar-refractivity contribution in [2.75, 3.05) is 34.0 Å². The lowest BCUT2D eigenvalue weighted by atomic mass is 9.98. The molecular weight excluding hydrogens is 514 g/mol. The van der Waals surface area contributed by atoms with Crippen molar-refractivity contribution in [3.8, 4) is 11.5 Å². The molecule has 186 valence electrons. The predicted molar refractivity (Wildman–Crippen MR) is 138 cm³/mol. The molecule has 0 spiro atoms. The Kier molecular flexibility index (Phi) is 8.13. The van der Waals surface area contributed by atoms with Crippen LogP contribution < -0.4 is 14.9 Å². The number of nitrogens with zero attached hydrogens (tertiary/aromatic N) is 1. The average molecular weight is 544 g/mol. The van der Waals surface area contributed by atoms with Crippen molar-refractivity contribution < 1.29 is 23.4 Å². The molecule has 0 bridgehead atoms. The van der Waals surface area contributed by atoms with Crippen LogP contribution in [0.3, 0.4) is 0 Å². The van der Waals surface area contributed by atoms with Crippen molar-refractivity contribution in [2.24, 2.45) is 0 Å². The summed E-state index contributed by atoms with van der Waals surface area (Å²) in [6, 6.07) is 10.1. The van der Waals surface area contributed by atoms with Gasteiger partial charge in [-0.25, -0.2) is 0 Å². The molecule has 1 amide bonds. The van der Waals surface area contributed by atoms with Crippen molar-refractivity contribution in [1.82, 2.24) is 4.90 Å². The summed E-state index contributed by atoms with van der Waals surface area (Å²) in [5, 5.41) is 0.420. The highest BCUT2D eigenvalue weighted by Crippen LogP contribution is 2.41. The molecule has 0 aliphatic carbocycles. The minimum absolute atomic E-state index is 0.0705. The first-order chi connectivity index (χ1) is 17.0. The largest absolute Gasteiger partial charge is 0.493 e. The SMILES string of the molecule is CCCCCCOc1ccc(C2c3c(oc4ccc(Br)cc4c3=O)C(=O)N2CCOC)cc1OC. The van der Waals surface area contributed by atoms with Gasteiger partial charge in [-0.15, -0.1) is 0 Å². The van der Waals surface area contributed by atoms with Crippen molar-refractivity contribution in [2.45, 2.75) is 38.6 Å². The minimum atomic E-state index is -0.625. The molecule has 35 heavy (non-hydrogen) atoms. The summed E-state index contributed by atoms with van der Waals surface area (Å²) in [6.07, 6.45) is 4.43. The fraction of sp³-hybridized carbons (Fsp3) is 0.407. The van der Waals surface area contributed by atoms with Gasteiger partial charge in [0.1, 0.15) is 5.58 Å². The molecule has 8 heteroatoms. The second kappa shape index (κ2) is 11.3. The van der Waals surface area contributed by atoms with Crippen LogP contribution in [0, 0.1) is 0 Å². The van der Waals surface area contributed by atoms with Gasteiger partial charge in [0.25, 0.3) is 5.91 Å². The second-order valence-electron chi connectivity index (χ2n) is 8.53. The Bertz CT molecular complexity index is 1270. The van der Waals surface area contributed by atoms with Gasteiger partial charge in [0.05, 0.1) is 37.3 Å². The van der Waals surface area contributed by atoms with Gasteiger partial charge in [-0.05, 0) is 42.3 Å². The topological polar surface area (TPSA) is 78.2 Å². The van der Waals surface area contributed by atoms with Crippen LogP contribution in [-0.2, 0) is 4.74 Å². The monoisotopic (exact) mass is 543 g/mol. The highest BCUT2D eigenvalue weighted by Gasteiger charge is 2.42. The quantitative estimate of drug-likeness (QED) is 0.288. The number of carbonyl (C=O) groups is 1. The van der Waals surface area contributed by atoms with E-state index in [9.17, 15) is 9.59 Å². The number of rotatable bonds is 11. The second-order valence-corrected chi connectivity index (χ2v) is 9.44. The fourth-order valence-electron chi connectivity index (χ4n) is 4.44. The fourth-order valence-corrected chi connectivity index (χ4v) is 4.80. The molecule has 0 radical (unpaired) electrons. The number of ether oxygens (including phenoxy) is 3. The maximum absolute atomic E-state index is 13.6. The number of hydrogen-bond donors (Lipinski definition) is 0. The summed E-state index contributed by atoms with van der Waals surface area (Å²) in [5.41, 5.74) is 1.22. The molecule has 2 aromatic carbocycles. The van der Waals surface area contributed by atoms with Crippen LogP contribution in [0.2, 0.25) is 0 Å². The van der Waals surface area contributed by atoms with E-state index in [-0.39, 0.29) is 17.1 Å². The summed E-state index contributed by atoms with van der Waals surface area (Å²) in [4.78, 5) is 28.6. The van der Waals surface area contributed by atoms with Crippen molar-refractivity contribution in [3.63, 3.8) is 0 Å². The lowest BCUT2D eigenvalue weighted by Gasteiger charge is -2.25. The van der Waals surface area contributed by atoms with Crippen molar-refractivity contribution in [1.29, 1.82) is 0 Å². The highest BCUT2D eigenvalue weighted by atomic mass is 79.9. The zero-order valence-corrected chi connectivity index (χ0v) is 21.9. The highest BCUT2D eigenvalue weighted by molar-refractivity contribution is 9.10. The maximum atomic E-state index is 13.6. The summed E-state index contributed by atoms with van der Waals surface area (Å²) in [6.45, 7) is 3.41. The van der Waals surface area contributed by atoms with E-state index in [1.54, 1.807) is 37.3 Å². The molecule has 1 aliphatic heterocycles. The van der Waals surface area contributed by atoms with E-state index >= 15 is 0 Å². The first-order valence-corrected chi connectivity index (χ1v) is 12.7. The zero-order valence-electron chi connectivity index (χ0n) is 20.3. The smallest absolute Gasteiger partial charge is 0.290 e. The van der Waals surface area contributed by atoms with Crippen LogP contribution in [0.1, 0.15) is 60.3 Å². The normalized spacial score (nSPS) is 15.0. The van der Waals surface area contributed by atoms with E-state index in [1.165, 1.54) is 12.8 Å². The molecule has 2 heterocycles. The number of fused-ring (bicyclic) bond motifs is 2. The minimum Gasteiger partial charge on any atom is -0.493 e. The molecule has 1 atom stereocenters. The first-order valence-electron chi connectivity index (χ1n) is 11.9. The van der Waals surface area contributed by atoms with Crippen LogP contribution in [0.15, 0.2) is 50.1 Å². The number of carbonyl (C=O) groups excluding carboxylic acids is 1. The van der Waals surface area contributed by atoms with E-state index < -0.39 is 6.04 Å². The van der Waals surface area contributed by atoms with Gasteiger partial charge in [-0.1, -0.05) is 48.2 Å². The molecular formula is C27H30BrNO6. The Morgan fingerprint density at radius 2 is 1.83 bits per heavy atom. The number of benzene rings is 2. The molecule has 3 aromatic rings.